The van der Waals surface area contributed by atoms with Crippen molar-refractivity contribution in [1.29, 1.82) is 0 Å². The van der Waals surface area contributed by atoms with Gasteiger partial charge < -0.3 is 15.4 Å². The number of rotatable bonds is 4. The molecule has 21 heavy (non-hydrogen) atoms. The molecule has 6 heteroatoms. The monoisotopic (exact) mass is 308 g/mol. The van der Waals surface area contributed by atoms with E-state index in [2.05, 4.69) is 10.6 Å². The largest absolute Gasteiger partial charge is 0.497 e. The van der Waals surface area contributed by atoms with Crippen LogP contribution >= 0.6 is 12.2 Å². The quantitative estimate of drug-likeness (QED) is 0.848. The van der Waals surface area contributed by atoms with Gasteiger partial charge in [-0.2, -0.15) is 0 Å². The summed E-state index contributed by atoms with van der Waals surface area (Å²) in [6.45, 7) is 0.436. The minimum Gasteiger partial charge on any atom is -0.497 e. The van der Waals surface area contributed by atoms with Gasteiger partial charge >= 0.3 is 0 Å². The number of anilines is 1. The van der Waals surface area contributed by atoms with Crippen LogP contribution in [-0.2, 0) is 6.54 Å². The van der Waals surface area contributed by atoms with Crippen molar-refractivity contribution in [2.24, 2.45) is 0 Å². The van der Waals surface area contributed by atoms with Gasteiger partial charge in [-0.1, -0.05) is 18.2 Å². The number of hydrogen-bond donors (Lipinski definition) is 2. The molecule has 0 aromatic heterocycles. The molecule has 2 rings (SSSR count). The first-order chi connectivity index (χ1) is 10.1. The van der Waals surface area contributed by atoms with Gasteiger partial charge in [0.15, 0.2) is 5.11 Å². The first-order valence-corrected chi connectivity index (χ1v) is 6.63. The summed E-state index contributed by atoms with van der Waals surface area (Å²) in [5.74, 6) is -0.625. The number of methoxy groups -OCH3 is 1. The molecule has 0 bridgehead atoms. The molecule has 2 aromatic rings. The van der Waals surface area contributed by atoms with Crippen molar-refractivity contribution in [2.75, 3.05) is 12.4 Å². The fraction of sp³-hybridized carbons (Fsp3) is 0.133. The van der Waals surface area contributed by atoms with Gasteiger partial charge in [0, 0.05) is 6.54 Å². The molecule has 0 aliphatic heterocycles. The lowest BCUT2D eigenvalue weighted by Gasteiger charge is -2.12. The van der Waals surface area contributed by atoms with Crippen molar-refractivity contribution < 1.29 is 13.5 Å². The Morgan fingerprint density at radius 1 is 1.10 bits per heavy atom. The van der Waals surface area contributed by atoms with Gasteiger partial charge in [-0.25, -0.2) is 8.78 Å². The third-order valence-corrected chi connectivity index (χ3v) is 3.06. The van der Waals surface area contributed by atoms with Gasteiger partial charge in [0.05, 0.1) is 7.11 Å². The van der Waals surface area contributed by atoms with Crippen LogP contribution in [-0.4, -0.2) is 12.2 Å². The molecule has 0 saturated carbocycles. The maximum atomic E-state index is 13.5. The van der Waals surface area contributed by atoms with E-state index in [1.165, 1.54) is 6.07 Å². The van der Waals surface area contributed by atoms with Crippen molar-refractivity contribution in [3.63, 3.8) is 0 Å². The second kappa shape index (κ2) is 6.99. The van der Waals surface area contributed by atoms with E-state index in [1.807, 2.05) is 24.3 Å². The Bertz CT molecular complexity index is 612. The molecule has 0 fully saturated rings. The van der Waals surface area contributed by atoms with Crippen LogP contribution in [0.2, 0.25) is 0 Å². The average molecular weight is 308 g/mol. The van der Waals surface area contributed by atoms with Crippen molar-refractivity contribution in [3.05, 3.63) is 59.7 Å². The summed E-state index contributed by atoms with van der Waals surface area (Å²) in [6.07, 6.45) is 0. The van der Waals surface area contributed by atoms with Crippen LogP contribution in [0.25, 0.3) is 0 Å². The molecule has 2 aromatic carbocycles. The molecule has 110 valence electrons. The van der Waals surface area contributed by atoms with Gasteiger partial charge in [0.2, 0.25) is 0 Å². The highest BCUT2D eigenvalue weighted by Crippen LogP contribution is 2.17. The summed E-state index contributed by atoms with van der Waals surface area (Å²) in [7, 11) is 1.59. The highest BCUT2D eigenvalue weighted by atomic mass is 32.1. The minimum absolute atomic E-state index is 0.148. The Kier molecular flexibility index (Phi) is 5.05. The normalized spacial score (nSPS) is 10.0. The predicted molar refractivity (Wildman–Crippen MR) is 82.4 cm³/mol. The number of halogens is 2. The summed E-state index contributed by atoms with van der Waals surface area (Å²) < 4.78 is 32.0. The molecule has 2 N–H and O–H groups in total. The lowest BCUT2D eigenvalue weighted by molar-refractivity contribution is 0.414. The first-order valence-electron chi connectivity index (χ1n) is 6.22. The van der Waals surface area contributed by atoms with E-state index in [-0.39, 0.29) is 10.8 Å². The number of thiocarbonyl (C=S) groups is 1. The summed E-state index contributed by atoms with van der Waals surface area (Å²) in [4.78, 5) is 0. The Morgan fingerprint density at radius 3 is 2.29 bits per heavy atom. The van der Waals surface area contributed by atoms with E-state index in [0.29, 0.717) is 6.54 Å². The molecular formula is C15H14F2N2OS. The van der Waals surface area contributed by atoms with Crippen molar-refractivity contribution in [1.82, 2.24) is 5.32 Å². The van der Waals surface area contributed by atoms with Crippen LogP contribution in [0.5, 0.6) is 5.75 Å². The molecule has 0 spiro atoms. The fourth-order valence-electron chi connectivity index (χ4n) is 1.70. The van der Waals surface area contributed by atoms with E-state index in [1.54, 1.807) is 7.11 Å². The molecular weight excluding hydrogens is 294 g/mol. The summed E-state index contributed by atoms with van der Waals surface area (Å²) >= 11 is 5.02. The first kappa shape index (κ1) is 15.2. The standard InChI is InChI=1S/C15H14F2N2OS/c1-20-11-7-5-10(6-8-11)9-18-15(21)19-14-12(16)3-2-4-13(14)17/h2-8H,9H2,1H3,(H2,18,19,21). The molecule has 0 unspecified atom stereocenters. The zero-order valence-electron chi connectivity index (χ0n) is 11.3. The number of nitrogens with one attached hydrogen (secondary N) is 2. The minimum atomic E-state index is -0.691. The third-order valence-electron chi connectivity index (χ3n) is 2.81. The van der Waals surface area contributed by atoms with Crippen LogP contribution in [0.1, 0.15) is 5.56 Å². The second-order valence-corrected chi connectivity index (χ2v) is 4.66. The van der Waals surface area contributed by atoms with E-state index in [9.17, 15) is 8.78 Å². The Morgan fingerprint density at radius 2 is 1.71 bits per heavy atom. The van der Waals surface area contributed by atoms with E-state index in [0.717, 1.165) is 23.4 Å². The highest BCUT2D eigenvalue weighted by Gasteiger charge is 2.09. The van der Waals surface area contributed by atoms with Crippen LogP contribution in [0.4, 0.5) is 14.5 Å². The molecule has 0 amide bonds. The van der Waals surface area contributed by atoms with E-state index >= 15 is 0 Å². The molecule has 0 heterocycles. The van der Waals surface area contributed by atoms with Crippen molar-refractivity contribution in [2.45, 2.75) is 6.54 Å². The highest BCUT2D eigenvalue weighted by molar-refractivity contribution is 7.80. The zero-order valence-corrected chi connectivity index (χ0v) is 12.1. The number of para-hydroxylation sites is 1. The molecule has 0 radical (unpaired) electrons. The Balaban J connectivity index is 1.92. The summed E-state index contributed by atoms with van der Waals surface area (Å²) in [5, 5.41) is 5.55. The van der Waals surface area contributed by atoms with Crippen LogP contribution in [0.15, 0.2) is 42.5 Å². The van der Waals surface area contributed by atoms with E-state index in [4.69, 9.17) is 17.0 Å². The third kappa shape index (κ3) is 4.13. The predicted octanol–water partition coefficient (Wildman–Crippen LogP) is 3.46. The Labute approximate surface area is 126 Å². The molecule has 0 aliphatic rings. The van der Waals surface area contributed by atoms with Gasteiger partial charge in [-0.15, -0.1) is 0 Å². The van der Waals surface area contributed by atoms with Gasteiger partial charge in [-0.05, 0) is 42.0 Å². The Hall–Kier alpha value is -2.21. The second-order valence-electron chi connectivity index (χ2n) is 4.25. The van der Waals surface area contributed by atoms with Crippen LogP contribution < -0.4 is 15.4 Å². The average Bonchev–Trinajstić information content (AvgIpc) is 2.49. The number of benzene rings is 2. The number of hydrogen-bond acceptors (Lipinski definition) is 2. The molecule has 0 aliphatic carbocycles. The summed E-state index contributed by atoms with van der Waals surface area (Å²) in [5.41, 5.74) is 0.707. The lowest BCUT2D eigenvalue weighted by Crippen LogP contribution is -2.28. The lowest BCUT2D eigenvalue weighted by atomic mass is 10.2. The molecule has 0 saturated heterocycles. The van der Waals surface area contributed by atoms with Gasteiger partial charge in [-0.3, -0.25) is 0 Å². The maximum absolute atomic E-state index is 13.5. The van der Waals surface area contributed by atoms with E-state index < -0.39 is 11.6 Å². The topological polar surface area (TPSA) is 33.3 Å². The summed E-state index contributed by atoms with van der Waals surface area (Å²) in [6, 6.07) is 11.0. The van der Waals surface area contributed by atoms with Gasteiger partial charge in [0.1, 0.15) is 23.1 Å². The van der Waals surface area contributed by atoms with Crippen molar-refractivity contribution >= 4 is 23.0 Å². The van der Waals surface area contributed by atoms with Gasteiger partial charge in [0.25, 0.3) is 0 Å². The SMILES string of the molecule is COc1ccc(CNC(=S)Nc2c(F)cccc2F)cc1. The molecule has 3 nitrogen and oxygen atoms in total. The van der Waals surface area contributed by atoms with Crippen molar-refractivity contribution in [3.8, 4) is 5.75 Å². The smallest absolute Gasteiger partial charge is 0.171 e. The molecule has 0 atom stereocenters. The maximum Gasteiger partial charge on any atom is 0.171 e. The number of ether oxygens (including phenoxy) is 1. The fourth-order valence-corrected chi connectivity index (χ4v) is 1.87. The van der Waals surface area contributed by atoms with Crippen LogP contribution in [0.3, 0.4) is 0 Å². The zero-order chi connectivity index (χ0) is 15.2. The van der Waals surface area contributed by atoms with Crippen LogP contribution in [0, 0.1) is 11.6 Å².